The molecule has 0 bridgehead atoms. The summed E-state index contributed by atoms with van der Waals surface area (Å²) in [5, 5.41) is 9.87. The molecule has 0 aliphatic carbocycles. The van der Waals surface area contributed by atoms with E-state index in [0.717, 1.165) is 30.9 Å². The number of benzene rings is 1. The molecule has 0 saturated carbocycles. The Morgan fingerprint density at radius 1 is 1.21 bits per heavy atom. The Morgan fingerprint density at radius 2 is 1.92 bits per heavy atom. The van der Waals surface area contributed by atoms with Crippen LogP contribution < -0.4 is 10.3 Å². The maximum atomic E-state index is 13.2. The molecule has 1 amide bonds. The number of rotatable bonds is 2. The highest BCUT2D eigenvalue weighted by molar-refractivity contribution is 6.02. The third kappa shape index (κ3) is 2.17. The van der Waals surface area contributed by atoms with E-state index in [2.05, 4.69) is 41.4 Å². The van der Waals surface area contributed by atoms with Gasteiger partial charge in [0.1, 0.15) is 0 Å². The molecule has 24 heavy (non-hydrogen) atoms. The molecule has 0 radical (unpaired) electrons. The number of carbonyl (C=O) groups excluding carboxylic acids is 1. The second-order valence-electron chi connectivity index (χ2n) is 6.81. The van der Waals surface area contributed by atoms with E-state index in [1.807, 2.05) is 11.9 Å². The van der Waals surface area contributed by atoms with Gasteiger partial charge in [0.25, 0.3) is 5.91 Å². The lowest BCUT2D eigenvalue weighted by molar-refractivity contribution is -0.142. The molecule has 6 nitrogen and oxygen atoms in total. The maximum Gasteiger partial charge on any atom is 0.263 e. The van der Waals surface area contributed by atoms with Gasteiger partial charge in [0, 0.05) is 31.3 Å². The van der Waals surface area contributed by atoms with Crippen molar-refractivity contribution in [1.82, 2.24) is 10.2 Å². The number of hydrogen-bond acceptors (Lipinski definition) is 5. The number of morpholine rings is 1. The minimum atomic E-state index is -0.763. The molecule has 3 aliphatic heterocycles. The first-order chi connectivity index (χ1) is 11.6. The van der Waals surface area contributed by atoms with Gasteiger partial charge in [-0.25, -0.2) is 5.01 Å². The Labute approximate surface area is 142 Å². The summed E-state index contributed by atoms with van der Waals surface area (Å²) in [4.78, 5) is 15.4. The van der Waals surface area contributed by atoms with Crippen LogP contribution in [0, 0.1) is 12.8 Å². The molecule has 2 saturated heterocycles. The van der Waals surface area contributed by atoms with Crippen LogP contribution in [0.25, 0.3) is 0 Å². The van der Waals surface area contributed by atoms with Crippen LogP contribution >= 0.6 is 0 Å². The summed E-state index contributed by atoms with van der Waals surface area (Å²) in [7, 11) is 0. The Balaban J connectivity index is 1.83. The number of fused-ring (bicyclic) bond motifs is 1. The molecular formula is C18H24N4O2. The fourth-order valence-corrected chi connectivity index (χ4v) is 4.21. The molecule has 2 fully saturated rings. The number of anilines is 1. The number of hydrazone groups is 1. The van der Waals surface area contributed by atoms with Gasteiger partial charge in [0.15, 0.2) is 0 Å². The SMILES string of the molecule is CC1=NN(c2ccc(C)cc2)C2(N3CCOCC3)C(=O)NCCC12. The van der Waals surface area contributed by atoms with Crippen LogP contribution in [0.5, 0.6) is 0 Å². The molecule has 1 aromatic carbocycles. The average molecular weight is 328 g/mol. The van der Waals surface area contributed by atoms with Crippen LogP contribution in [0.1, 0.15) is 18.9 Å². The second kappa shape index (κ2) is 5.86. The van der Waals surface area contributed by atoms with Crippen molar-refractivity contribution in [3.63, 3.8) is 0 Å². The number of nitrogens with zero attached hydrogens (tertiary/aromatic N) is 3. The first-order valence-corrected chi connectivity index (χ1v) is 8.67. The van der Waals surface area contributed by atoms with Crippen molar-refractivity contribution in [2.24, 2.45) is 11.0 Å². The normalized spacial score (nSPS) is 30.8. The van der Waals surface area contributed by atoms with E-state index in [9.17, 15) is 4.79 Å². The highest BCUT2D eigenvalue weighted by Crippen LogP contribution is 2.43. The minimum absolute atomic E-state index is 0.0572. The predicted octanol–water partition coefficient (Wildman–Crippen LogP) is 1.36. The van der Waals surface area contributed by atoms with E-state index in [-0.39, 0.29) is 11.8 Å². The second-order valence-corrected chi connectivity index (χ2v) is 6.81. The number of piperidine rings is 1. The van der Waals surface area contributed by atoms with Crippen LogP contribution in [0.4, 0.5) is 5.69 Å². The topological polar surface area (TPSA) is 57.2 Å². The van der Waals surface area contributed by atoms with Gasteiger partial charge in [0.05, 0.1) is 18.9 Å². The van der Waals surface area contributed by atoms with Crippen molar-refractivity contribution < 1.29 is 9.53 Å². The summed E-state index contributed by atoms with van der Waals surface area (Å²) < 4.78 is 5.53. The zero-order valence-electron chi connectivity index (χ0n) is 14.3. The van der Waals surface area contributed by atoms with Crippen molar-refractivity contribution in [1.29, 1.82) is 0 Å². The highest BCUT2D eigenvalue weighted by atomic mass is 16.5. The average Bonchev–Trinajstić information content (AvgIpc) is 2.92. The summed E-state index contributed by atoms with van der Waals surface area (Å²) in [5.74, 6) is 0.174. The van der Waals surface area contributed by atoms with Gasteiger partial charge in [0.2, 0.25) is 5.66 Å². The van der Waals surface area contributed by atoms with E-state index in [0.29, 0.717) is 19.8 Å². The summed E-state index contributed by atoms with van der Waals surface area (Å²) in [6.07, 6.45) is 0.917. The zero-order valence-corrected chi connectivity index (χ0v) is 14.3. The molecule has 0 spiro atoms. The largest absolute Gasteiger partial charge is 0.379 e. The molecule has 0 aromatic heterocycles. The number of amides is 1. The number of nitrogens with one attached hydrogen (secondary N) is 1. The summed E-state index contributed by atoms with van der Waals surface area (Å²) in [6.45, 7) is 7.63. The lowest BCUT2D eigenvalue weighted by Gasteiger charge is -2.51. The van der Waals surface area contributed by atoms with Gasteiger partial charge in [-0.05, 0) is 32.4 Å². The zero-order chi connectivity index (χ0) is 16.7. The highest BCUT2D eigenvalue weighted by Gasteiger charge is 2.61. The molecule has 1 aromatic rings. The fraction of sp³-hybridized carbons (Fsp3) is 0.556. The standard InChI is InChI=1S/C18H24N4O2/c1-13-3-5-15(6-4-13)22-18(21-9-11-24-12-10-21)16(14(2)20-22)7-8-19-17(18)23/h3-6,16H,7-12H2,1-2H3,(H,19,23). The van der Waals surface area contributed by atoms with Crippen molar-refractivity contribution in [3.8, 4) is 0 Å². The molecule has 1 N–H and O–H groups in total. The van der Waals surface area contributed by atoms with Gasteiger partial charge in [-0.3, -0.25) is 9.69 Å². The van der Waals surface area contributed by atoms with Crippen molar-refractivity contribution >= 4 is 17.3 Å². The summed E-state index contributed by atoms with van der Waals surface area (Å²) in [6, 6.07) is 8.25. The Hall–Kier alpha value is -1.92. The molecule has 4 rings (SSSR count). The van der Waals surface area contributed by atoms with E-state index in [1.165, 1.54) is 5.56 Å². The predicted molar refractivity (Wildman–Crippen MR) is 93.0 cm³/mol. The molecule has 3 aliphatic rings. The first kappa shape index (κ1) is 15.6. The third-order valence-corrected chi connectivity index (χ3v) is 5.40. The summed E-state index contributed by atoms with van der Waals surface area (Å²) >= 11 is 0. The molecule has 128 valence electrons. The quantitative estimate of drug-likeness (QED) is 0.890. The van der Waals surface area contributed by atoms with Gasteiger partial charge in [-0.15, -0.1) is 0 Å². The Morgan fingerprint density at radius 3 is 2.62 bits per heavy atom. The van der Waals surface area contributed by atoms with Crippen molar-refractivity contribution in [2.75, 3.05) is 37.9 Å². The van der Waals surface area contributed by atoms with Crippen molar-refractivity contribution in [2.45, 2.75) is 25.9 Å². The van der Waals surface area contributed by atoms with Crippen LogP contribution in [-0.4, -0.2) is 55.0 Å². The Kier molecular flexibility index (Phi) is 3.81. The van der Waals surface area contributed by atoms with Crippen LogP contribution in [0.15, 0.2) is 29.4 Å². The van der Waals surface area contributed by atoms with Gasteiger partial charge >= 0.3 is 0 Å². The molecule has 3 heterocycles. The van der Waals surface area contributed by atoms with Crippen molar-refractivity contribution in [3.05, 3.63) is 29.8 Å². The smallest absolute Gasteiger partial charge is 0.263 e. The number of aryl methyl sites for hydroxylation is 1. The third-order valence-electron chi connectivity index (χ3n) is 5.40. The monoisotopic (exact) mass is 328 g/mol. The lowest BCUT2D eigenvalue weighted by Crippen LogP contribution is -2.73. The van der Waals surface area contributed by atoms with E-state index in [4.69, 9.17) is 9.84 Å². The van der Waals surface area contributed by atoms with Gasteiger partial charge in [-0.1, -0.05) is 17.7 Å². The fourth-order valence-electron chi connectivity index (χ4n) is 4.21. The van der Waals surface area contributed by atoms with Crippen LogP contribution in [0.2, 0.25) is 0 Å². The van der Waals surface area contributed by atoms with E-state index in [1.54, 1.807) is 0 Å². The van der Waals surface area contributed by atoms with E-state index < -0.39 is 5.66 Å². The minimum Gasteiger partial charge on any atom is -0.379 e. The maximum absolute atomic E-state index is 13.2. The molecule has 6 heteroatoms. The van der Waals surface area contributed by atoms with E-state index >= 15 is 0 Å². The molecular weight excluding hydrogens is 304 g/mol. The Bertz CT molecular complexity index is 666. The first-order valence-electron chi connectivity index (χ1n) is 8.67. The number of carbonyl (C=O) groups is 1. The van der Waals surface area contributed by atoms with Gasteiger partial charge < -0.3 is 10.1 Å². The molecule has 2 unspecified atom stereocenters. The number of ether oxygens (including phenoxy) is 1. The van der Waals surface area contributed by atoms with Crippen LogP contribution in [-0.2, 0) is 9.53 Å². The van der Waals surface area contributed by atoms with Crippen LogP contribution in [0.3, 0.4) is 0 Å². The lowest BCUT2D eigenvalue weighted by atomic mass is 9.81. The summed E-state index contributed by atoms with van der Waals surface area (Å²) in [5.41, 5.74) is 2.44. The van der Waals surface area contributed by atoms with Gasteiger partial charge in [-0.2, -0.15) is 5.10 Å². The molecule has 2 atom stereocenters. The number of hydrogen-bond donors (Lipinski definition) is 1.